The van der Waals surface area contributed by atoms with Crippen LogP contribution in [0.4, 0.5) is 0 Å². The maximum absolute atomic E-state index is 5.48. The molecule has 0 bridgehead atoms. The second kappa shape index (κ2) is 5.85. The molecule has 5 heteroatoms. The zero-order chi connectivity index (χ0) is 14.1. The molecule has 114 valence electrons. The molecule has 0 unspecified atom stereocenters. The number of aliphatic imine (C=N–C) groups is 1. The Morgan fingerprint density at radius 3 is 2.55 bits per heavy atom. The summed E-state index contributed by atoms with van der Waals surface area (Å²) in [6.45, 7) is 2.73. The minimum Gasteiger partial charge on any atom is -0.381 e. The predicted octanol–water partition coefficient (Wildman–Crippen LogP) is 2.10. The number of nitrogens with zero attached hydrogens (tertiary/aromatic N) is 2. The largest absolute Gasteiger partial charge is 0.381 e. The van der Waals surface area contributed by atoms with Crippen LogP contribution in [0.25, 0.3) is 0 Å². The van der Waals surface area contributed by atoms with Gasteiger partial charge in [-0.2, -0.15) is 0 Å². The van der Waals surface area contributed by atoms with E-state index in [1.807, 2.05) is 11.8 Å². The standard InChI is InChI=1S/C15H27N3OS/c1-18(2)15(5-3-4-6-15)11-16-13-17-14(12-20-13)7-9-19-10-8-14/h3-12H2,1-2H3,(H,16,17). The molecular formula is C15H27N3OS. The van der Waals surface area contributed by atoms with Crippen LogP contribution in [0.5, 0.6) is 0 Å². The van der Waals surface area contributed by atoms with Crippen molar-refractivity contribution in [1.82, 2.24) is 10.2 Å². The third-order valence-corrected chi connectivity index (χ3v) is 6.51. The van der Waals surface area contributed by atoms with Crippen LogP contribution >= 0.6 is 11.8 Å². The monoisotopic (exact) mass is 297 g/mol. The van der Waals surface area contributed by atoms with E-state index >= 15 is 0 Å². The normalized spacial score (nSPS) is 30.2. The van der Waals surface area contributed by atoms with Gasteiger partial charge >= 0.3 is 0 Å². The number of rotatable bonds is 3. The van der Waals surface area contributed by atoms with Crippen molar-refractivity contribution >= 4 is 16.9 Å². The topological polar surface area (TPSA) is 36.9 Å². The molecule has 1 saturated carbocycles. The van der Waals surface area contributed by atoms with E-state index in [2.05, 4.69) is 24.3 Å². The molecule has 1 aliphatic carbocycles. The fourth-order valence-electron chi connectivity index (χ4n) is 3.62. The molecule has 0 aromatic carbocycles. The summed E-state index contributed by atoms with van der Waals surface area (Å²) in [6, 6.07) is 0. The average molecular weight is 297 g/mol. The van der Waals surface area contributed by atoms with E-state index in [4.69, 9.17) is 9.73 Å². The van der Waals surface area contributed by atoms with Crippen LogP contribution in [0.1, 0.15) is 38.5 Å². The molecule has 4 nitrogen and oxygen atoms in total. The minimum absolute atomic E-state index is 0.267. The lowest BCUT2D eigenvalue weighted by Gasteiger charge is -2.35. The SMILES string of the molecule is CN(C)C1(CN=C2NC3(CCOCC3)CS2)CCCC1. The van der Waals surface area contributed by atoms with Crippen molar-refractivity contribution in [2.45, 2.75) is 49.6 Å². The van der Waals surface area contributed by atoms with Gasteiger partial charge in [0.05, 0.1) is 12.1 Å². The predicted molar refractivity (Wildman–Crippen MR) is 85.6 cm³/mol. The van der Waals surface area contributed by atoms with Crippen LogP contribution in [0, 0.1) is 0 Å². The van der Waals surface area contributed by atoms with Crippen molar-refractivity contribution in [3.8, 4) is 0 Å². The van der Waals surface area contributed by atoms with Crippen LogP contribution in [-0.4, -0.2) is 60.8 Å². The maximum Gasteiger partial charge on any atom is 0.157 e. The van der Waals surface area contributed by atoms with Gasteiger partial charge in [0.25, 0.3) is 0 Å². The first-order valence-electron chi connectivity index (χ1n) is 7.85. The number of ether oxygens (including phenoxy) is 1. The van der Waals surface area contributed by atoms with Gasteiger partial charge in [-0.15, -0.1) is 0 Å². The highest BCUT2D eigenvalue weighted by Gasteiger charge is 2.40. The molecule has 1 spiro atoms. The highest BCUT2D eigenvalue weighted by Crippen LogP contribution is 2.35. The number of hydrogen-bond acceptors (Lipinski definition) is 4. The van der Waals surface area contributed by atoms with Gasteiger partial charge in [-0.25, -0.2) is 0 Å². The second-order valence-corrected chi connectivity index (χ2v) is 7.72. The van der Waals surface area contributed by atoms with Crippen molar-refractivity contribution in [3.63, 3.8) is 0 Å². The summed E-state index contributed by atoms with van der Waals surface area (Å²) in [5, 5.41) is 4.87. The summed E-state index contributed by atoms with van der Waals surface area (Å²) >= 11 is 1.91. The molecule has 1 N–H and O–H groups in total. The van der Waals surface area contributed by atoms with Gasteiger partial charge in [0.15, 0.2) is 5.17 Å². The molecule has 0 atom stereocenters. The Bertz CT molecular complexity index is 371. The first-order valence-corrected chi connectivity index (χ1v) is 8.83. The minimum atomic E-state index is 0.267. The second-order valence-electron chi connectivity index (χ2n) is 6.75. The van der Waals surface area contributed by atoms with Crippen LogP contribution in [0.2, 0.25) is 0 Å². The Hall–Kier alpha value is -0.260. The summed E-state index contributed by atoms with van der Waals surface area (Å²) in [5.41, 5.74) is 0.573. The van der Waals surface area contributed by atoms with Gasteiger partial charge in [-0.3, -0.25) is 4.99 Å². The number of amidine groups is 1. The fourth-order valence-corrected chi connectivity index (χ4v) is 4.84. The van der Waals surface area contributed by atoms with Crippen molar-refractivity contribution in [3.05, 3.63) is 0 Å². The molecule has 0 radical (unpaired) electrons. The zero-order valence-electron chi connectivity index (χ0n) is 12.8. The van der Waals surface area contributed by atoms with Gasteiger partial charge in [-0.1, -0.05) is 24.6 Å². The average Bonchev–Trinajstić information content (AvgIpc) is 3.06. The van der Waals surface area contributed by atoms with Crippen LogP contribution in [-0.2, 0) is 4.74 Å². The van der Waals surface area contributed by atoms with E-state index in [1.165, 1.54) is 30.9 Å². The lowest BCUT2D eigenvalue weighted by Crippen LogP contribution is -2.48. The third-order valence-electron chi connectivity index (χ3n) is 5.31. The molecule has 2 heterocycles. The summed E-state index contributed by atoms with van der Waals surface area (Å²) in [6.07, 6.45) is 7.53. The van der Waals surface area contributed by atoms with Gasteiger partial charge in [0.2, 0.25) is 0 Å². The van der Waals surface area contributed by atoms with Crippen molar-refractivity contribution in [2.75, 3.05) is 39.6 Å². The quantitative estimate of drug-likeness (QED) is 0.865. The first kappa shape index (κ1) is 14.7. The Labute approximate surface area is 126 Å². The molecule has 0 aromatic rings. The van der Waals surface area contributed by atoms with Gasteiger partial charge in [0, 0.05) is 24.5 Å². The van der Waals surface area contributed by atoms with Crippen LogP contribution in [0.15, 0.2) is 4.99 Å². The highest BCUT2D eigenvalue weighted by atomic mass is 32.2. The Morgan fingerprint density at radius 1 is 1.20 bits per heavy atom. The van der Waals surface area contributed by atoms with E-state index < -0.39 is 0 Å². The molecule has 3 rings (SSSR count). The van der Waals surface area contributed by atoms with Crippen LogP contribution < -0.4 is 5.32 Å². The van der Waals surface area contributed by atoms with Crippen molar-refractivity contribution in [2.24, 2.45) is 4.99 Å². The molecule has 3 fully saturated rings. The molecular weight excluding hydrogens is 270 g/mol. The van der Waals surface area contributed by atoms with Gasteiger partial charge in [-0.05, 0) is 39.8 Å². The molecule has 2 saturated heterocycles. The number of thioether (sulfide) groups is 1. The summed E-state index contributed by atoms with van der Waals surface area (Å²) in [7, 11) is 4.42. The van der Waals surface area contributed by atoms with Crippen LogP contribution in [0.3, 0.4) is 0 Å². The summed E-state index contributed by atoms with van der Waals surface area (Å²) in [4.78, 5) is 7.33. The molecule has 2 aliphatic heterocycles. The van der Waals surface area contributed by atoms with E-state index in [0.717, 1.165) is 38.4 Å². The highest BCUT2D eigenvalue weighted by molar-refractivity contribution is 8.14. The lowest BCUT2D eigenvalue weighted by molar-refractivity contribution is 0.0555. The number of nitrogens with one attached hydrogen (secondary N) is 1. The van der Waals surface area contributed by atoms with E-state index in [0.29, 0.717) is 5.54 Å². The summed E-state index contributed by atoms with van der Waals surface area (Å²) < 4.78 is 5.48. The van der Waals surface area contributed by atoms with E-state index in [1.54, 1.807) is 0 Å². The van der Waals surface area contributed by atoms with E-state index in [9.17, 15) is 0 Å². The lowest BCUT2D eigenvalue weighted by atomic mass is 9.93. The zero-order valence-corrected chi connectivity index (χ0v) is 13.6. The fraction of sp³-hybridized carbons (Fsp3) is 0.933. The van der Waals surface area contributed by atoms with E-state index in [-0.39, 0.29) is 5.54 Å². The molecule has 3 aliphatic rings. The summed E-state index contributed by atoms with van der Waals surface area (Å²) in [5.74, 6) is 1.16. The van der Waals surface area contributed by atoms with Crippen molar-refractivity contribution in [1.29, 1.82) is 0 Å². The maximum atomic E-state index is 5.48. The Balaban J connectivity index is 1.62. The molecule has 0 amide bonds. The number of hydrogen-bond donors (Lipinski definition) is 1. The number of likely N-dealkylation sites (N-methyl/N-ethyl adjacent to an activating group) is 1. The van der Waals surface area contributed by atoms with Gasteiger partial charge in [0.1, 0.15) is 0 Å². The molecule has 0 aromatic heterocycles. The van der Waals surface area contributed by atoms with Crippen molar-refractivity contribution < 1.29 is 4.74 Å². The third kappa shape index (κ3) is 2.85. The first-order chi connectivity index (χ1) is 9.64. The molecule has 20 heavy (non-hydrogen) atoms. The Kier molecular flexibility index (Phi) is 4.29. The smallest absolute Gasteiger partial charge is 0.157 e. The Morgan fingerprint density at radius 2 is 1.90 bits per heavy atom. The van der Waals surface area contributed by atoms with Gasteiger partial charge < -0.3 is 15.0 Å².